The molecule has 2 heterocycles. The van der Waals surface area contributed by atoms with E-state index in [0.717, 1.165) is 51.3 Å². The molecule has 1 aromatic rings. The minimum atomic E-state index is 0.184. The van der Waals surface area contributed by atoms with Gasteiger partial charge in [0.05, 0.1) is 0 Å². The molecule has 2 saturated heterocycles. The number of likely N-dealkylation sites (tertiary alicyclic amines) is 1. The molecule has 2 fully saturated rings. The molecule has 4 nitrogen and oxygen atoms in total. The molecule has 1 amide bonds. The highest BCUT2D eigenvalue weighted by Crippen LogP contribution is 2.23. The molecule has 25 heavy (non-hydrogen) atoms. The number of hydrogen-bond acceptors (Lipinski definition) is 3. The van der Waals surface area contributed by atoms with Crippen LogP contribution in [0.15, 0.2) is 35.9 Å². The van der Waals surface area contributed by atoms with Gasteiger partial charge in [0.25, 0.3) is 0 Å². The van der Waals surface area contributed by atoms with Gasteiger partial charge in [0.2, 0.25) is 5.91 Å². The van der Waals surface area contributed by atoms with Gasteiger partial charge in [-0.25, -0.2) is 0 Å². The molecule has 0 radical (unpaired) electrons. The van der Waals surface area contributed by atoms with Crippen LogP contribution in [0.3, 0.4) is 0 Å². The molecule has 2 aliphatic heterocycles. The number of hydrogen-bond donors (Lipinski definition) is 0. The molecule has 1 atom stereocenters. The SMILES string of the molecule is CC(C)=CC(=O)N1CCC[C@@H](N2CCN(c3ccccc3C)CC2)C1. The first-order chi connectivity index (χ1) is 12.0. The highest BCUT2D eigenvalue weighted by Gasteiger charge is 2.29. The van der Waals surface area contributed by atoms with Gasteiger partial charge in [-0.1, -0.05) is 23.8 Å². The number of benzene rings is 1. The predicted octanol–water partition coefficient (Wildman–Crippen LogP) is 3.07. The summed E-state index contributed by atoms with van der Waals surface area (Å²) in [5.74, 6) is 0.184. The summed E-state index contributed by atoms with van der Waals surface area (Å²) >= 11 is 0. The summed E-state index contributed by atoms with van der Waals surface area (Å²) in [6, 6.07) is 9.17. The molecule has 3 rings (SSSR count). The van der Waals surface area contributed by atoms with Crippen LogP contribution in [-0.4, -0.2) is 61.0 Å². The van der Waals surface area contributed by atoms with Gasteiger partial charge in [0.1, 0.15) is 0 Å². The van der Waals surface area contributed by atoms with E-state index >= 15 is 0 Å². The molecule has 0 bridgehead atoms. The zero-order valence-corrected chi connectivity index (χ0v) is 15.9. The van der Waals surface area contributed by atoms with Crippen molar-refractivity contribution in [2.45, 2.75) is 39.7 Å². The van der Waals surface area contributed by atoms with E-state index in [-0.39, 0.29) is 5.91 Å². The predicted molar refractivity (Wildman–Crippen MR) is 104 cm³/mol. The van der Waals surface area contributed by atoms with E-state index in [9.17, 15) is 4.79 Å². The molecule has 0 spiro atoms. The second-order valence-electron chi connectivity index (χ2n) is 7.61. The van der Waals surface area contributed by atoms with Crippen molar-refractivity contribution in [2.75, 3.05) is 44.2 Å². The van der Waals surface area contributed by atoms with Crippen LogP contribution in [0.5, 0.6) is 0 Å². The molecule has 0 N–H and O–H groups in total. The maximum absolute atomic E-state index is 12.3. The van der Waals surface area contributed by atoms with E-state index in [1.54, 1.807) is 6.08 Å². The Kier molecular flexibility index (Phi) is 5.79. The van der Waals surface area contributed by atoms with Crippen LogP contribution >= 0.6 is 0 Å². The third-order valence-electron chi connectivity index (χ3n) is 5.41. The number of anilines is 1. The van der Waals surface area contributed by atoms with Crippen LogP contribution in [0.4, 0.5) is 5.69 Å². The number of carbonyl (C=O) groups excluding carboxylic acids is 1. The molecule has 4 heteroatoms. The van der Waals surface area contributed by atoms with Gasteiger partial charge in [0, 0.05) is 57.1 Å². The Morgan fingerprint density at radius 2 is 1.80 bits per heavy atom. The van der Waals surface area contributed by atoms with Gasteiger partial charge in [-0.15, -0.1) is 0 Å². The van der Waals surface area contributed by atoms with Crippen molar-refractivity contribution in [3.05, 3.63) is 41.5 Å². The van der Waals surface area contributed by atoms with Gasteiger partial charge in [0.15, 0.2) is 0 Å². The van der Waals surface area contributed by atoms with E-state index in [1.807, 2.05) is 18.7 Å². The van der Waals surface area contributed by atoms with Crippen molar-refractivity contribution in [3.8, 4) is 0 Å². The van der Waals surface area contributed by atoms with Gasteiger partial charge in [-0.2, -0.15) is 0 Å². The van der Waals surface area contributed by atoms with Crippen LogP contribution in [-0.2, 0) is 4.79 Å². The van der Waals surface area contributed by atoms with E-state index in [4.69, 9.17) is 0 Å². The summed E-state index contributed by atoms with van der Waals surface area (Å²) in [6.07, 6.45) is 4.10. The molecule has 0 aliphatic carbocycles. The minimum absolute atomic E-state index is 0.184. The Balaban J connectivity index is 1.56. The molecular weight excluding hydrogens is 310 g/mol. The average molecular weight is 341 g/mol. The highest BCUT2D eigenvalue weighted by atomic mass is 16.2. The van der Waals surface area contributed by atoms with E-state index < -0.39 is 0 Å². The number of carbonyl (C=O) groups is 1. The Hall–Kier alpha value is -1.81. The minimum Gasteiger partial charge on any atom is -0.369 e. The Morgan fingerprint density at radius 3 is 2.48 bits per heavy atom. The summed E-state index contributed by atoms with van der Waals surface area (Å²) in [5, 5.41) is 0. The Labute approximate surface area is 152 Å². The van der Waals surface area contributed by atoms with E-state index in [2.05, 4.69) is 41.0 Å². The maximum Gasteiger partial charge on any atom is 0.246 e. The van der Waals surface area contributed by atoms with Crippen LogP contribution < -0.4 is 4.90 Å². The van der Waals surface area contributed by atoms with Gasteiger partial charge >= 0.3 is 0 Å². The standard InChI is InChI=1S/C21H31N3O/c1-17(2)15-21(25)24-10-6-8-19(16-24)22-11-13-23(14-12-22)20-9-5-4-7-18(20)3/h4-5,7,9,15,19H,6,8,10-14,16H2,1-3H3/t19-/m1/s1. The largest absolute Gasteiger partial charge is 0.369 e. The van der Waals surface area contributed by atoms with E-state index in [0.29, 0.717) is 6.04 Å². The third-order valence-corrected chi connectivity index (χ3v) is 5.41. The monoisotopic (exact) mass is 341 g/mol. The number of piperazine rings is 1. The number of aryl methyl sites for hydroxylation is 1. The summed E-state index contributed by atoms with van der Waals surface area (Å²) < 4.78 is 0. The fourth-order valence-corrected chi connectivity index (χ4v) is 4.04. The van der Waals surface area contributed by atoms with Crippen molar-refractivity contribution in [1.82, 2.24) is 9.80 Å². The highest BCUT2D eigenvalue weighted by molar-refractivity contribution is 5.88. The quantitative estimate of drug-likeness (QED) is 0.791. The smallest absolute Gasteiger partial charge is 0.246 e. The normalized spacial score (nSPS) is 22.0. The zero-order valence-electron chi connectivity index (χ0n) is 15.9. The lowest BCUT2D eigenvalue weighted by Gasteiger charge is -2.44. The van der Waals surface area contributed by atoms with Crippen molar-refractivity contribution in [3.63, 3.8) is 0 Å². The second-order valence-corrected chi connectivity index (χ2v) is 7.61. The number of para-hydroxylation sites is 1. The zero-order chi connectivity index (χ0) is 17.8. The topological polar surface area (TPSA) is 26.8 Å². The number of amides is 1. The first kappa shape index (κ1) is 18.0. The summed E-state index contributed by atoms with van der Waals surface area (Å²) in [4.78, 5) is 19.5. The average Bonchev–Trinajstić information content (AvgIpc) is 2.62. The number of allylic oxidation sites excluding steroid dienone is 1. The molecule has 0 unspecified atom stereocenters. The molecular formula is C21H31N3O. The second kappa shape index (κ2) is 8.05. The van der Waals surface area contributed by atoms with Crippen molar-refractivity contribution in [1.29, 1.82) is 0 Å². The van der Waals surface area contributed by atoms with Crippen LogP contribution in [0, 0.1) is 6.92 Å². The van der Waals surface area contributed by atoms with Gasteiger partial charge in [-0.05, 0) is 45.2 Å². The number of piperidine rings is 1. The summed E-state index contributed by atoms with van der Waals surface area (Å²) in [6.45, 7) is 12.3. The molecule has 1 aromatic carbocycles. The van der Waals surface area contributed by atoms with Crippen molar-refractivity contribution >= 4 is 11.6 Å². The van der Waals surface area contributed by atoms with Crippen molar-refractivity contribution < 1.29 is 4.79 Å². The molecule has 0 saturated carbocycles. The third kappa shape index (κ3) is 4.43. The van der Waals surface area contributed by atoms with Crippen LogP contribution in [0.25, 0.3) is 0 Å². The Bertz CT molecular complexity index is 628. The molecule has 2 aliphatic rings. The fourth-order valence-electron chi connectivity index (χ4n) is 4.04. The van der Waals surface area contributed by atoms with Crippen LogP contribution in [0.1, 0.15) is 32.3 Å². The lowest BCUT2D eigenvalue weighted by Crippen LogP contribution is -2.55. The summed E-state index contributed by atoms with van der Waals surface area (Å²) in [5.41, 5.74) is 3.80. The molecule has 0 aromatic heterocycles. The first-order valence-corrected chi connectivity index (χ1v) is 9.53. The van der Waals surface area contributed by atoms with Crippen LogP contribution in [0.2, 0.25) is 0 Å². The van der Waals surface area contributed by atoms with Gasteiger partial charge in [-0.3, -0.25) is 9.69 Å². The number of nitrogens with zero attached hydrogens (tertiary/aromatic N) is 3. The Morgan fingerprint density at radius 1 is 1.08 bits per heavy atom. The lowest BCUT2D eigenvalue weighted by atomic mass is 10.0. The first-order valence-electron chi connectivity index (χ1n) is 9.53. The van der Waals surface area contributed by atoms with E-state index in [1.165, 1.54) is 17.7 Å². The fraction of sp³-hybridized carbons (Fsp3) is 0.571. The maximum atomic E-state index is 12.3. The number of rotatable bonds is 3. The molecule has 136 valence electrons. The van der Waals surface area contributed by atoms with Gasteiger partial charge < -0.3 is 9.80 Å². The van der Waals surface area contributed by atoms with Crippen molar-refractivity contribution in [2.24, 2.45) is 0 Å². The lowest BCUT2D eigenvalue weighted by molar-refractivity contribution is -0.128. The summed E-state index contributed by atoms with van der Waals surface area (Å²) in [7, 11) is 0.